The average molecular weight is 174 g/mol. The molecule has 0 aromatic heterocycles. The molecule has 1 rings (SSSR count). The fourth-order valence-corrected chi connectivity index (χ4v) is 1.51. The van der Waals surface area contributed by atoms with Crippen LogP contribution in [0.25, 0.3) is 0 Å². The molecule has 0 aromatic rings. The highest BCUT2D eigenvalue weighted by Crippen LogP contribution is 2.32. The summed E-state index contributed by atoms with van der Waals surface area (Å²) in [7, 11) is 0. The van der Waals surface area contributed by atoms with Gasteiger partial charge < -0.3 is 14.9 Å². The number of carbonyl (C=O) groups is 1. The van der Waals surface area contributed by atoms with Crippen molar-refractivity contribution in [1.82, 2.24) is 0 Å². The van der Waals surface area contributed by atoms with Crippen LogP contribution in [0, 0.1) is 5.41 Å². The largest absolute Gasteiger partial charge is 0.481 e. The molecule has 1 heterocycles. The SMILES string of the molecule is CCC1(C(=O)O)COCCC1O. The normalized spacial score (nSPS) is 36.3. The fraction of sp³-hybridized carbons (Fsp3) is 0.875. The van der Waals surface area contributed by atoms with Gasteiger partial charge in [0.15, 0.2) is 0 Å². The average Bonchev–Trinajstić information content (AvgIpc) is 2.05. The summed E-state index contributed by atoms with van der Waals surface area (Å²) >= 11 is 0. The van der Waals surface area contributed by atoms with Crippen LogP contribution in [0.15, 0.2) is 0 Å². The van der Waals surface area contributed by atoms with E-state index in [1.54, 1.807) is 6.92 Å². The lowest BCUT2D eigenvalue weighted by Crippen LogP contribution is -2.49. The molecule has 70 valence electrons. The van der Waals surface area contributed by atoms with Crippen molar-refractivity contribution in [2.45, 2.75) is 25.9 Å². The number of aliphatic hydroxyl groups excluding tert-OH is 1. The van der Waals surface area contributed by atoms with Crippen LogP contribution in [0.4, 0.5) is 0 Å². The first-order chi connectivity index (χ1) is 5.63. The zero-order chi connectivity index (χ0) is 9.19. The first-order valence-electron chi connectivity index (χ1n) is 4.12. The van der Waals surface area contributed by atoms with Crippen LogP contribution in [0.2, 0.25) is 0 Å². The standard InChI is InChI=1S/C8H14O4/c1-2-8(7(10)11)5-12-4-3-6(8)9/h6,9H,2-5H2,1H3,(H,10,11). The molecule has 0 aromatic carbocycles. The van der Waals surface area contributed by atoms with Gasteiger partial charge in [-0.2, -0.15) is 0 Å². The Kier molecular flexibility index (Phi) is 2.69. The van der Waals surface area contributed by atoms with E-state index in [0.29, 0.717) is 19.4 Å². The number of aliphatic hydroxyl groups is 1. The van der Waals surface area contributed by atoms with Gasteiger partial charge in [-0.05, 0) is 12.8 Å². The molecule has 0 bridgehead atoms. The van der Waals surface area contributed by atoms with Crippen molar-refractivity contribution in [2.75, 3.05) is 13.2 Å². The van der Waals surface area contributed by atoms with Gasteiger partial charge in [0.2, 0.25) is 0 Å². The zero-order valence-electron chi connectivity index (χ0n) is 7.12. The van der Waals surface area contributed by atoms with Gasteiger partial charge in [-0.25, -0.2) is 0 Å². The number of hydrogen-bond donors (Lipinski definition) is 2. The third-order valence-corrected chi connectivity index (χ3v) is 2.59. The van der Waals surface area contributed by atoms with E-state index in [1.165, 1.54) is 0 Å². The maximum absolute atomic E-state index is 10.9. The lowest BCUT2D eigenvalue weighted by Gasteiger charge is -2.36. The number of ether oxygens (including phenoxy) is 1. The van der Waals surface area contributed by atoms with Crippen LogP contribution >= 0.6 is 0 Å². The summed E-state index contributed by atoms with van der Waals surface area (Å²) in [4.78, 5) is 10.9. The molecule has 2 N–H and O–H groups in total. The van der Waals surface area contributed by atoms with E-state index < -0.39 is 17.5 Å². The van der Waals surface area contributed by atoms with Crippen molar-refractivity contribution in [1.29, 1.82) is 0 Å². The topological polar surface area (TPSA) is 66.8 Å². The van der Waals surface area contributed by atoms with Crippen molar-refractivity contribution < 1.29 is 19.7 Å². The highest BCUT2D eigenvalue weighted by atomic mass is 16.5. The molecule has 1 fully saturated rings. The van der Waals surface area contributed by atoms with Gasteiger partial charge in [-0.15, -0.1) is 0 Å². The van der Waals surface area contributed by atoms with Crippen molar-refractivity contribution in [2.24, 2.45) is 5.41 Å². The molecule has 1 aliphatic rings. The smallest absolute Gasteiger partial charge is 0.314 e. The Hall–Kier alpha value is -0.610. The Morgan fingerprint density at radius 1 is 1.75 bits per heavy atom. The van der Waals surface area contributed by atoms with Gasteiger partial charge in [0.1, 0.15) is 5.41 Å². The molecule has 2 atom stereocenters. The summed E-state index contributed by atoms with van der Waals surface area (Å²) in [6, 6.07) is 0. The fourth-order valence-electron chi connectivity index (χ4n) is 1.51. The van der Waals surface area contributed by atoms with Crippen LogP contribution in [0.3, 0.4) is 0 Å². The van der Waals surface area contributed by atoms with E-state index in [4.69, 9.17) is 9.84 Å². The first kappa shape index (κ1) is 9.48. The van der Waals surface area contributed by atoms with E-state index in [1.807, 2.05) is 0 Å². The van der Waals surface area contributed by atoms with Crippen LogP contribution in [0.5, 0.6) is 0 Å². The molecule has 0 spiro atoms. The third kappa shape index (κ3) is 1.32. The van der Waals surface area contributed by atoms with E-state index >= 15 is 0 Å². The van der Waals surface area contributed by atoms with E-state index in [2.05, 4.69) is 0 Å². The summed E-state index contributed by atoms with van der Waals surface area (Å²) in [5, 5.41) is 18.4. The summed E-state index contributed by atoms with van der Waals surface area (Å²) < 4.78 is 5.07. The molecule has 0 saturated carbocycles. The van der Waals surface area contributed by atoms with Gasteiger partial charge in [0.25, 0.3) is 0 Å². The number of hydrogen-bond acceptors (Lipinski definition) is 3. The predicted octanol–water partition coefficient (Wildman–Crippen LogP) is 0.249. The van der Waals surface area contributed by atoms with Crippen molar-refractivity contribution in [3.05, 3.63) is 0 Å². The lowest BCUT2D eigenvalue weighted by atomic mass is 9.78. The lowest BCUT2D eigenvalue weighted by molar-refractivity contribution is -0.172. The first-order valence-corrected chi connectivity index (χ1v) is 4.12. The molecular formula is C8H14O4. The second-order valence-corrected chi connectivity index (χ2v) is 3.17. The molecular weight excluding hydrogens is 160 g/mol. The minimum absolute atomic E-state index is 0.125. The molecule has 0 amide bonds. The minimum atomic E-state index is -1.07. The second-order valence-electron chi connectivity index (χ2n) is 3.17. The van der Waals surface area contributed by atoms with Gasteiger partial charge in [-0.1, -0.05) is 6.92 Å². The van der Waals surface area contributed by atoms with E-state index in [0.717, 1.165) is 0 Å². The highest BCUT2D eigenvalue weighted by Gasteiger charge is 2.46. The van der Waals surface area contributed by atoms with Gasteiger partial charge in [0, 0.05) is 6.61 Å². The molecule has 1 aliphatic heterocycles. The molecule has 0 aliphatic carbocycles. The van der Waals surface area contributed by atoms with Crippen LogP contribution in [-0.2, 0) is 9.53 Å². The van der Waals surface area contributed by atoms with E-state index in [9.17, 15) is 9.90 Å². The Bertz CT molecular complexity index is 180. The Balaban J connectivity index is 2.81. The molecule has 0 radical (unpaired) electrons. The highest BCUT2D eigenvalue weighted by molar-refractivity contribution is 5.75. The predicted molar refractivity (Wildman–Crippen MR) is 41.8 cm³/mol. The summed E-state index contributed by atoms with van der Waals surface area (Å²) in [5.41, 5.74) is -1.07. The molecule has 4 heteroatoms. The number of carboxylic acids is 1. The Labute approximate surface area is 71.2 Å². The van der Waals surface area contributed by atoms with Gasteiger partial charge in [0.05, 0.1) is 12.7 Å². The second kappa shape index (κ2) is 3.41. The van der Waals surface area contributed by atoms with Crippen LogP contribution in [-0.4, -0.2) is 35.5 Å². The third-order valence-electron chi connectivity index (χ3n) is 2.59. The maximum Gasteiger partial charge on any atom is 0.314 e. The summed E-state index contributed by atoms with van der Waals surface area (Å²) in [5.74, 6) is -0.961. The number of rotatable bonds is 2. The van der Waals surface area contributed by atoms with Crippen molar-refractivity contribution >= 4 is 5.97 Å². The molecule has 12 heavy (non-hydrogen) atoms. The van der Waals surface area contributed by atoms with Crippen molar-refractivity contribution in [3.8, 4) is 0 Å². The Morgan fingerprint density at radius 2 is 2.42 bits per heavy atom. The quantitative estimate of drug-likeness (QED) is 0.629. The molecule has 4 nitrogen and oxygen atoms in total. The van der Waals surface area contributed by atoms with Crippen LogP contribution < -0.4 is 0 Å². The number of aliphatic carboxylic acids is 1. The Morgan fingerprint density at radius 3 is 2.75 bits per heavy atom. The van der Waals surface area contributed by atoms with E-state index in [-0.39, 0.29) is 6.61 Å². The monoisotopic (exact) mass is 174 g/mol. The van der Waals surface area contributed by atoms with Gasteiger partial charge in [-0.3, -0.25) is 4.79 Å². The summed E-state index contributed by atoms with van der Waals surface area (Å²) in [6.45, 7) is 2.34. The maximum atomic E-state index is 10.9. The molecule has 2 unspecified atom stereocenters. The number of carboxylic acid groups (broad SMARTS) is 1. The van der Waals surface area contributed by atoms with Crippen molar-refractivity contribution in [3.63, 3.8) is 0 Å². The summed E-state index contributed by atoms with van der Waals surface area (Å²) in [6.07, 6.45) is 0.0534. The van der Waals surface area contributed by atoms with Crippen LogP contribution in [0.1, 0.15) is 19.8 Å². The van der Waals surface area contributed by atoms with Gasteiger partial charge >= 0.3 is 5.97 Å². The molecule has 1 saturated heterocycles. The minimum Gasteiger partial charge on any atom is -0.481 e. The zero-order valence-corrected chi connectivity index (χ0v) is 7.12.